The lowest BCUT2D eigenvalue weighted by Gasteiger charge is -2.01. The van der Waals surface area contributed by atoms with Gasteiger partial charge in [-0.05, 0) is 34.1 Å². The molecule has 0 saturated heterocycles. The van der Waals surface area contributed by atoms with E-state index in [2.05, 4.69) is 32.4 Å². The Bertz CT molecular complexity index is 430. The van der Waals surface area contributed by atoms with Gasteiger partial charge in [0.1, 0.15) is 0 Å². The summed E-state index contributed by atoms with van der Waals surface area (Å²) in [5.74, 6) is 0. The predicted octanol–water partition coefficient (Wildman–Crippen LogP) is 3.66. The minimum atomic E-state index is 0.684. The molecule has 0 spiro atoms. The molecule has 2 aromatic rings. The van der Waals surface area contributed by atoms with Crippen molar-refractivity contribution in [2.45, 2.75) is 13.0 Å². The highest BCUT2D eigenvalue weighted by atomic mass is 79.9. The number of nitrogens with zero attached hydrogens (tertiary/aromatic N) is 1. The predicted molar refractivity (Wildman–Crippen MR) is 69.6 cm³/mol. The van der Waals surface area contributed by atoms with Crippen molar-refractivity contribution in [3.63, 3.8) is 0 Å². The normalized spacial score (nSPS) is 10.6. The number of ether oxygens (including phenoxy) is 1. The minimum Gasteiger partial charge on any atom is -0.376 e. The molecule has 0 radical (unpaired) electrons. The Kier molecular flexibility index (Phi) is 4.51. The van der Waals surface area contributed by atoms with Crippen LogP contribution in [0.5, 0.6) is 0 Å². The summed E-state index contributed by atoms with van der Waals surface area (Å²) in [5.41, 5.74) is 1.08. The van der Waals surface area contributed by atoms with Gasteiger partial charge in [-0.1, -0.05) is 6.07 Å². The van der Waals surface area contributed by atoms with Crippen molar-refractivity contribution in [1.29, 1.82) is 0 Å². The molecule has 2 aromatic heterocycles. The molecule has 0 bridgehead atoms. The second-order valence-electron chi connectivity index (χ2n) is 3.35. The molecule has 0 amide bonds. The molecule has 0 atom stereocenters. The van der Waals surface area contributed by atoms with E-state index in [1.165, 1.54) is 4.88 Å². The van der Waals surface area contributed by atoms with E-state index in [1.54, 1.807) is 11.3 Å². The number of aromatic nitrogens is 1. The van der Waals surface area contributed by atoms with Gasteiger partial charge in [0.2, 0.25) is 0 Å². The molecule has 0 saturated carbocycles. The summed E-state index contributed by atoms with van der Waals surface area (Å²) in [6, 6.07) is 8.03. The second kappa shape index (κ2) is 6.13. The Morgan fingerprint density at radius 1 is 1.38 bits per heavy atom. The summed E-state index contributed by atoms with van der Waals surface area (Å²) < 4.78 is 6.71. The monoisotopic (exact) mass is 297 g/mol. The fraction of sp³-hybridized carbons (Fsp3) is 0.250. The third kappa shape index (κ3) is 3.70. The highest BCUT2D eigenvalue weighted by Gasteiger charge is 1.98. The van der Waals surface area contributed by atoms with E-state index in [1.807, 2.05) is 24.4 Å². The lowest BCUT2D eigenvalue weighted by molar-refractivity contribution is 0.125. The van der Waals surface area contributed by atoms with Crippen molar-refractivity contribution in [1.82, 2.24) is 4.98 Å². The standard InChI is InChI=1S/C12H12BrNOS/c13-10-7-12(16-9-10)8-15-6-4-11-3-1-2-5-14-11/h1-3,5,7,9H,4,6,8H2. The average molecular weight is 298 g/mol. The number of hydrogen-bond acceptors (Lipinski definition) is 3. The molecule has 16 heavy (non-hydrogen) atoms. The first kappa shape index (κ1) is 11.8. The molecule has 2 rings (SSSR count). The van der Waals surface area contributed by atoms with Crippen LogP contribution in [0.4, 0.5) is 0 Å². The van der Waals surface area contributed by atoms with Crippen LogP contribution in [0.1, 0.15) is 10.6 Å². The van der Waals surface area contributed by atoms with Crippen LogP contribution in [-0.2, 0) is 17.8 Å². The van der Waals surface area contributed by atoms with Crippen molar-refractivity contribution >= 4 is 27.3 Å². The van der Waals surface area contributed by atoms with Crippen LogP contribution in [0, 0.1) is 0 Å². The van der Waals surface area contributed by atoms with Crippen LogP contribution < -0.4 is 0 Å². The third-order valence-corrected chi connectivity index (χ3v) is 3.77. The summed E-state index contributed by atoms with van der Waals surface area (Å²) in [4.78, 5) is 5.49. The molecule has 0 aromatic carbocycles. The second-order valence-corrected chi connectivity index (χ2v) is 5.27. The zero-order chi connectivity index (χ0) is 11.2. The summed E-state index contributed by atoms with van der Waals surface area (Å²) in [5, 5.41) is 2.07. The van der Waals surface area contributed by atoms with Crippen LogP contribution in [0.15, 0.2) is 40.3 Å². The van der Waals surface area contributed by atoms with Gasteiger partial charge in [0.15, 0.2) is 0 Å². The average Bonchev–Trinajstić information content (AvgIpc) is 2.72. The van der Waals surface area contributed by atoms with Gasteiger partial charge in [0, 0.05) is 33.0 Å². The molecule has 2 nitrogen and oxygen atoms in total. The molecule has 0 N–H and O–H groups in total. The Hall–Kier alpha value is -0.710. The maximum atomic E-state index is 5.59. The molecule has 2 heterocycles. The number of thiophene rings is 1. The molecular formula is C12H12BrNOS. The molecular weight excluding hydrogens is 286 g/mol. The Morgan fingerprint density at radius 3 is 3.00 bits per heavy atom. The maximum Gasteiger partial charge on any atom is 0.0809 e. The Labute approximate surface area is 107 Å². The maximum absolute atomic E-state index is 5.59. The summed E-state index contributed by atoms with van der Waals surface area (Å²) in [7, 11) is 0. The van der Waals surface area contributed by atoms with Crippen molar-refractivity contribution in [3.05, 3.63) is 50.9 Å². The molecule has 0 aliphatic carbocycles. The summed E-state index contributed by atoms with van der Waals surface area (Å²) in [6.45, 7) is 1.40. The van der Waals surface area contributed by atoms with E-state index in [-0.39, 0.29) is 0 Å². The SMILES string of the molecule is Brc1csc(COCCc2ccccn2)c1. The zero-order valence-electron chi connectivity index (χ0n) is 8.73. The van der Waals surface area contributed by atoms with Gasteiger partial charge in [0.05, 0.1) is 13.2 Å². The van der Waals surface area contributed by atoms with E-state index >= 15 is 0 Å². The molecule has 0 unspecified atom stereocenters. The van der Waals surface area contributed by atoms with Gasteiger partial charge < -0.3 is 4.74 Å². The highest BCUT2D eigenvalue weighted by Crippen LogP contribution is 2.20. The summed E-state index contributed by atoms with van der Waals surface area (Å²) in [6.07, 6.45) is 2.68. The highest BCUT2D eigenvalue weighted by molar-refractivity contribution is 9.10. The molecule has 84 valence electrons. The fourth-order valence-electron chi connectivity index (χ4n) is 1.33. The minimum absolute atomic E-state index is 0.684. The number of halogens is 1. The number of rotatable bonds is 5. The van der Waals surface area contributed by atoms with Crippen molar-refractivity contribution in [2.24, 2.45) is 0 Å². The van der Waals surface area contributed by atoms with Gasteiger partial charge >= 0.3 is 0 Å². The molecule has 0 aliphatic rings. The van der Waals surface area contributed by atoms with E-state index in [9.17, 15) is 0 Å². The van der Waals surface area contributed by atoms with Gasteiger partial charge in [0.25, 0.3) is 0 Å². The van der Waals surface area contributed by atoms with Crippen LogP contribution in [0.2, 0.25) is 0 Å². The van der Waals surface area contributed by atoms with Crippen LogP contribution in [-0.4, -0.2) is 11.6 Å². The van der Waals surface area contributed by atoms with Crippen LogP contribution in [0.3, 0.4) is 0 Å². The van der Waals surface area contributed by atoms with Gasteiger partial charge in [-0.15, -0.1) is 11.3 Å². The number of hydrogen-bond donors (Lipinski definition) is 0. The van der Waals surface area contributed by atoms with Crippen molar-refractivity contribution in [2.75, 3.05) is 6.61 Å². The van der Waals surface area contributed by atoms with Crippen molar-refractivity contribution in [3.8, 4) is 0 Å². The number of pyridine rings is 1. The van der Waals surface area contributed by atoms with Crippen LogP contribution in [0.25, 0.3) is 0 Å². The smallest absolute Gasteiger partial charge is 0.0809 e. The first-order chi connectivity index (χ1) is 7.84. The first-order valence-corrected chi connectivity index (χ1v) is 6.72. The lowest BCUT2D eigenvalue weighted by Crippen LogP contribution is -1.99. The van der Waals surface area contributed by atoms with Gasteiger partial charge in [-0.3, -0.25) is 4.98 Å². The van der Waals surface area contributed by atoms with E-state index in [4.69, 9.17) is 4.74 Å². The largest absolute Gasteiger partial charge is 0.376 e. The van der Waals surface area contributed by atoms with Gasteiger partial charge in [-0.2, -0.15) is 0 Å². The lowest BCUT2D eigenvalue weighted by atomic mass is 10.3. The van der Waals surface area contributed by atoms with E-state index < -0.39 is 0 Å². The summed E-state index contributed by atoms with van der Waals surface area (Å²) >= 11 is 5.13. The van der Waals surface area contributed by atoms with Crippen LogP contribution >= 0.6 is 27.3 Å². The molecule has 4 heteroatoms. The van der Waals surface area contributed by atoms with Gasteiger partial charge in [-0.25, -0.2) is 0 Å². The molecule has 0 aliphatic heterocycles. The van der Waals surface area contributed by atoms with E-state index in [0.29, 0.717) is 13.2 Å². The quantitative estimate of drug-likeness (QED) is 0.786. The topological polar surface area (TPSA) is 22.1 Å². The fourth-order valence-corrected chi connectivity index (χ4v) is 2.71. The zero-order valence-corrected chi connectivity index (χ0v) is 11.1. The Morgan fingerprint density at radius 2 is 2.31 bits per heavy atom. The Balaban J connectivity index is 1.69. The molecule has 0 fully saturated rings. The third-order valence-electron chi connectivity index (χ3n) is 2.09. The van der Waals surface area contributed by atoms with E-state index in [0.717, 1.165) is 16.6 Å². The first-order valence-electron chi connectivity index (χ1n) is 5.05. The van der Waals surface area contributed by atoms with Crippen molar-refractivity contribution < 1.29 is 4.74 Å².